The van der Waals surface area contributed by atoms with Crippen LogP contribution < -0.4 is 0 Å². The van der Waals surface area contributed by atoms with Crippen LogP contribution in [-0.2, 0) is 0 Å². The first-order chi connectivity index (χ1) is 6.03. The van der Waals surface area contributed by atoms with Crippen molar-refractivity contribution in [2.45, 2.75) is 38.7 Å². The van der Waals surface area contributed by atoms with Gasteiger partial charge in [-0.25, -0.2) is 0 Å². The Hall–Kier alpha value is -0.340. The minimum absolute atomic E-state index is 0.530. The molecule has 0 aliphatic carbocycles. The molecule has 2 nitrogen and oxygen atoms in total. The minimum Gasteiger partial charge on any atom is -0.389 e. The summed E-state index contributed by atoms with van der Waals surface area (Å²) in [6.45, 7) is 10.8. The second-order valence-corrected chi connectivity index (χ2v) is 4.41. The zero-order valence-corrected chi connectivity index (χ0v) is 8.84. The van der Waals surface area contributed by atoms with Crippen LogP contribution in [0.3, 0.4) is 0 Å². The van der Waals surface area contributed by atoms with Crippen molar-refractivity contribution in [3.8, 4) is 0 Å². The van der Waals surface area contributed by atoms with Gasteiger partial charge in [-0.05, 0) is 32.7 Å². The Morgan fingerprint density at radius 2 is 2.31 bits per heavy atom. The molecule has 0 aromatic rings. The van der Waals surface area contributed by atoms with E-state index in [0.717, 1.165) is 32.5 Å². The van der Waals surface area contributed by atoms with Crippen LogP contribution in [0.1, 0.15) is 33.1 Å². The minimum atomic E-state index is -0.530. The molecule has 0 radical (unpaired) electrons. The monoisotopic (exact) mass is 183 g/mol. The van der Waals surface area contributed by atoms with E-state index in [0.29, 0.717) is 0 Å². The Morgan fingerprint density at radius 1 is 1.62 bits per heavy atom. The molecule has 1 atom stereocenters. The average molecular weight is 183 g/mol. The Labute approximate surface area is 81.2 Å². The summed E-state index contributed by atoms with van der Waals surface area (Å²) >= 11 is 0. The third-order valence-corrected chi connectivity index (χ3v) is 2.78. The van der Waals surface area contributed by atoms with Gasteiger partial charge in [-0.1, -0.05) is 19.1 Å². The van der Waals surface area contributed by atoms with Gasteiger partial charge in [-0.15, -0.1) is 0 Å². The summed E-state index contributed by atoms with van der Waals surface area (Å²) in [7, 11) is 0. The molecule has 1 rings (SSSR count). The molecular formula is C11H21NO. The lowest BCUT2D eigenvalue weighted by atomic mass is 10.00. The van der Waals surface area contributed by atoms with Gasteiger partial charge in [0, 0.05) is 13.1 Å². The largest absolute Gasteiger partial charge is 0.389 e. The van der Waals surface area contributed by atoms with Crippen molar-refractivity contribution in [1.29, 1.82) is 0 Å². The predicted octanol–water partition coefficient (Wildman–Crippen LogP) is 1.80. The van der Waals surface area contributed by atoms with Crippen molar-refractivity contribution < 1.29 is 5.11 Å². The van der Waals surface area contributed by atoms with E-state index >= 15 is 0 Å². The molecule has 0 spiro atoms. The number of β-amino-alcohol motifs (C(OH)–C–C–N with tert-alkyl or cyclic N) is 1. The summed E-state index contributed by atoms with van der Waals surface area (Å²) in [5.74, 6) is 0. The van der Waals surface area contributed by atoms with Gasteiger partial charge < -0.3 is 5.11 Å². The molecule has 0 aromatic carbocycles. The molecule has 1 saturated heterocycles. The number of nitrogens with zero attached hydrogens (tertiary/aromatic N) is 1. The molecule has 1 aliphatic heterocycles. The summed E-state index contributed by atoms with van der Waals surface area (Å²) in [5, 5.41) is 9.89. The van der Waals surface area contributed by atoms with E-state index in [1.807, 2.05) is 13.8 Å². The maximum absolute atomic E-state index is 9.89. The van der Waals surface area contributed by atoms with Crippen molar-refractivity contribution in [2.75, 3.05) is 19.6 Å². The highest BCUT2D eigenvalue weighted by Crippen LogP contribution is 2.17. The maximum atomic E-state index is 9.89. The lowest BCUT2D eigenvalue weighted by molar-refractivity contribution is 0.0160. The smallest absolute Gasteiger partial charge is 0.0743 e. The number of hydrogen-bond donors (Lipinski definition) is 1. The van der Waals surface area contributed by atoms with E-state index in [4.69, 9.17) is 0 Å². The van der Waals surface area contributed by atoms with Gasteiger partial charge in [0.15, 0.2) is 0 Å². The molecular weight excluding hydrogens is 162 g/mol. The van der Waals surface area contributed by atoms with Crippen molar-refractivity contribution in [1.82, 2.24) is 4.90 Å². The molecule has 1 heterocycles. The van der Waals surface area contributed by atoms with E-state index in [1.54, 1.807) is 0 Å². The Kier molecular flexibility index (Phi) is 3.51. The zero-order chi connectivity index (χ0) is 9.90. The second kappa shape index (κ2) is 4.25. The molecule has 0 bridgehead atoms. The zero-order valence-electron chi connectivity index (χ0n) is 8.84. The van der Waals surface area contributed by atoms with E-state index in [1.165, 1.54) is 12.0 Å². The van der Waals surface area contributed by atoms with Crippen LogP contribution in [0.5, 0.6) is 0 Å². The van der Waals surface area contributed by atoms with Gasteiger partial charge >= 0.3 is 0 Å². The van der Waals surface area contributed by atoms with Crippen molar-refractivity contribution >= 4 is 0 Å². The molecule has 13 heavy (non-hydrogen) atoms. The van der Waals surface area contributed by atoms with Crippen molar-refractivity contribution in [2.24, 2.45) is 0 Å². The number of aliphatic hydroxyl groups is 1. The summed E-state index contributed by atoms with van der Waals surface area (Å²) in [6, 6.07) is 0. The standard InChI is InChI=1S/C11H21NO/c1-4-11(3,13)9-12-7-5-6-10(2)8-12/h13H,2,4-9H2,1,3H3. The third-order valence-electron chi connectivity index (χ3n) is 2.78. The molecule has 0 saturated carbocycles. The van der Waals surface area contributed by atoms with E-state index in [2.05, 4.69) is 11.5 Å². The molecule has 1 N–H and O–H groups in total. The quantitative estimate of drug-likeness (QED) is 0.674. The first kappa shape index (κ1) is 10.7. The van der Waals surface area contributed by atoms with Gasteiger partial charge in [-0.2, -0.15) is 0 Å². The fourth-order valence-electron chi connectivity index (χ4n) is 1.76. The topological polar surface area (TPSA) is 23.5 Å². The highest BCUT2D eigenvalue weighted by atomic mass is 16.3. The highest BCUT2D eigenvalue weighted by Gasteiger charge is 2.23. The number of piperidine rings is 1. The van der Waals surface area contributed by atoms with E-state index < -0.39 is 5.60 Å². The van der Waals surface area contributed by atoms with Gasteiger partial charge in [0.1, 0.15) is 0 Å². The van der Waals surface area contributed by atoms with Crippen molar-refractivity contribution in [3.05, 3.63) is 12.2 Å². The number of rotatable bonds is 3. The average Bonchev–Trinajstić information content (AvgIpc) is 2.03. The number of hydrogen-bond acceptors (Lipinski definition) is 2. The summed E-state index contributed by atoms with van der Waals surface area (Å²) < 4.78 is 0. The van der Waals surface area contributed by atoms with E-state index in [-0.39, 0.29) is 0 Å². The van der Waals surface area contributed by atoms with Crippen LogP contribution >= 0.6 is 0 Å². The Bertz CT molecular complexity index is 187. The molecule has 0 aromatic heterocycles. The second-order valence-electron chi connectivity index (χ2n) is 4.41. The fraction of sp³-hybridized carbons (Fsp3) is 0.818. The highest BCUT2D eigenvalue weighted by molar-refractivity contribution is 5.01. The lowest BCUT2D eigenvalue weighted by Gasteiger charge is -2.34. The van der Waals surface area contributed by atoms with Crippen LogP contribution in [-0.4, -0.2) is 35.2 Å². The number of likely N-dealkylation sites (tertiary alicyclic amines) is 1. The summed E-state index contributed by atoms with van der Waals surface area (Å²) in [6.07, 6.45) is 3.17. The summed E-state index contributed by atoms with van der Waals surface area (Å²) in [4.78, 5) is 2.30. The normalized spacial score (nSPS) is 24.4. The molecule has 1 aliphatic rings. The van der Waals surface area contributed by atoms with Gasteiger partial charge in [0.05, 0.1) is 5.60 Å². The lowest BCUT2D eigenvalue weighted by Crippen LogP contribution is -2.43. The predicted molar refractivity (Wildman–Crippen MR) is 55.7 cm³/mol. The molecule has 0 amide bonds. The maximum Gasteiger partial charge on any atom is 0.0743 e. The molecule has 2 heteroatoms. The van der Waals surface area contributed by atoms with E-state index in [9.17, 15) is 5.11 Å². The Morgan fingerprint density at radius 3 is 2.85 bits per heavy atom. The van der Waals surface area contributed by atoms with Gasteiger partial charge in [0.2, 0.25) is 0 Å². The SMILES string of the molecule is C=C1CCCN(CC(C)(O)CC)C1. The first-order valence-electron chi connectivity index (χ1n) is 5.15. The van der Waals surface area contributed by atoms with Crippen LogP contribution in [0.25, 0.3) is 0 Å². The molecule has 76 valence electrons. The van der Waals surface area contributed by atoms with Crippen LogP contribution in [0.2, 0.25) is 0 Å². The van der Waals surface area contributed by atoms with Gasteiger partial charge in [0.25, 0.3) is 0 Å². The molecule has 1 fully saturated rings. The Balaban J connectivity index is 2.40. The van der Waals surface area contributed by atoms with Crippen LogP contribution in [0.15, 0.2) is 12.2 Å². The molecule has 1 unspecified atom stereocenters. The summed E-state index contributed by atoms with van der Waals surface area (Å²) in [5.41, 5.74) is 0.774. The van der Waals surface area contributed by atoms with Crippen molar-refractivity contribution in [3.63, 3.8) is 0 Å². The fourth-order valence-corrected chi connectivity index (χ4v) is 1.76. The van der Waals surface area contributed by atoms with Crippen LogP contribution in [0.4, 0.5) is 0 Å². The third kappa shape index (κ3) is 3.49. The van der Waals surface area contributed by atoms with Crippen LogP contribution in [0, 0.1) is 0 Å². The first-order valence-corrected chi connectivity index (χ1v) is 5.15. The van der Waals surface area contributed by atoms with Gasteiger partial charge in [-0.3, -0.25) is 4.90 Å².